The first-order valence-corrected chi connectivity index (χ1v) is 12.5. The van der Waals surface area contributed by atoms with Crippen molar-refractivity contribution in [2.24, 2.45) is 11.8 Å². The second kappa shape index (κ2) is 9.76. The number of aliphatic carboxylic acids is 1. The van der Waals surface area contributed by atoms with Gasteiger partial charge < -0.3 is 15.2 Å². The minimum absolute atomic E-state index is 0.101. The number of carbonyl (C=O) groups is 2. The van der Waals surface area contributed by atoms with E-state index in [-0.39, 0.29) is 30.1 Å². The molecule has 2 N–H and O–H groups in total. The molecule has 2 aliphatic carbocycles. The SMILES string of the molecule is COc1cc(F)ccc1-c1ccc(C2(c3ccc(C(=O)NCCC(=O)O)cc3)CC3CCC2C3)cc1. The summed E-state index contributed by atoms with van der Waals surface area (Å²) in [5, 5.41) is 11.5. The van der Waals surface area contributed by atoms with Crippen molar-refractivity contribution in [1.29, 1.82) is 0 Å². The van der Waals surface area contributed by atoms with Gasteiger partial charge in [-0.3, -0.25) is 9.59 Å². The monoisotopic (exact) mass is 487 g/mol. The first-order chi connectivity index (χ1) is 17.4. The van der Waals surface area contributed by atoms with Crippen molar-refractivity contribution in [3.05, 3.63) is 89.2 Å². The molecule has 0 saturated heterocycles. The van der Waals surface area contributed by atoms with Crippen LogP contribution in [0.15, 0.2) is 66.7 Å². The van der Waals surface area contributed by atoms with Crippen molar-refractivity contribution in [2.75, 3.05) is 13.7 Å². The molecule has 5 nitrogen and oxygen atoms in total. The van der Waals surface area contributed by atoms with Gasteiger partial charge in [0.05, 0.1) is 13.5 Å². The number of ether oxygens (including phenoxy) is 1. The van der Waals surface area contributed by atoms with Crippen LogP contribution >= 0.6 is 0 Å². The van der Waals surface area contributed by atoms with Gasteiger partial charge in [0.1, 0.15) is 11.6 Å². The lowest BCUT2D eigenvalue weighted by atomic mass is 9.64. The average Bonchev–Trinajstić information content (AvgIpc) is 3.51. The minimum Gasteiger partial charge on any atom is -0.496 e. The van der Waals surface area contributed by atoms with Gasteiger partial charge in [-0.25, -0.2) is 4.39 Å². The van der Waals surface area contributed by atoms with Crippen LogP contribution in [0.3, 0.4) is 0 Å². The highest BCUT2D eigenvalue weighted by Crippen LogP contribution is 2.60. The molecule has 3 aromatic carbocycles. The normalized spacial score (nSPS) is 22.4. The molecule has 3 aromatic rings. The molecule has 2 saturated carbocycles. The fourth-order valence-corrected chi connectivity index (χ4v) is 6.36. The van der Waals surface area contributed by atoms with E-state index in [0.29, 0.717) is 23.1 Å². The smallest absolute Gasteiger partial charge is 0.305 e. The Morgan fingerprint density at radius 1 is 1.03 bits per heavy atom. The van der Waals surface area contributed by atoms with Crippen LogP contribution < -0.4 is 10.1 Å². The van der Waals surface area contributed by atoms with Crippen LogP contribution in [0, 0.1) is 17.7 Å². The highest BCUT2D eigenvalue weighted by atomic mass is 19.1. The topological polar surface area (TPSA) is 75.6 Å². The van der Waals surface area contributed by atoms with Crippen molar-refractivity contribution >= 4 is 11.9 Å². The Balaban J connectivity index is 1.44. The number of halogens is 1. The molecule has 36 heavy (non-hydrogen) atoms. The van der Waals surface area contributed by atoms with Gasteiger partial charge in [0.15, 0.2) is 0 Å². The lowest BCUT2D eigenvalue weighted by Crippen LogP contribution is -2.34. The van der Waals surface area contributed by atoms with E-state index in [1.807, 2.05) is 12.1 Å². The predicted octanol–water partition coefficient (Wildman–Crippen LogP) is 5.81. The number of amides is 1. The molecule has 2 aliphatic rings. The van der Waals surface area contributed by atoms with Gasteiger partial charge in [-0.2, -0.15) is 0 Å². The van der Waals surface area contributed by atoms with Gasteiger partial charge in [0.2, 0.25) is 0 Å². The van der Waals surface area contributed by atoms with Gasteiger partial charge in [-0.15, -0.1) is 0 Å². The van der Waals surface area contributed by atoms with Gasteiger partial charge in [0.25, 0.3) is 5.91 Å². The van der Waals surface area contributed by atoms with E-state index in [2.05, 4.69) is 41.7 Å². The number of benzene rings is 3. The second-order valence-corrected chi connectivity index (χ2v) is 9.95. The first kappa shape index (κ1) is 24.0. The van der Waals surface area contributed by atoms with Crippen LogP contribution in [0.4, 0.5) is 4.39 Å². The molecule has 2 fully saturated rings. The Bertz CT molecular complexity index is 1270. The maximum Gasteiger partial charge on any atom is 0.305 e. The van der Waals surface area contributed by atoms with Crippen molar-refractivity contribution < 1.29 is 23.8 Å². The molecular weight excluding hydrogens is 457 g/mol. The summed E-state index contributed by atoms with van der Waals surface area (Å²) in [5.74, 6) is 0.228. The summed E-state index contributed by atoms with van der Waals surface area (Å²) >= 11 is 0. The zero-order valence-corrected chi connectivity index (χ0v) is 20.3. The number of hydrogen-bond acceptors (Lipinski definition) is 3. The maximum atomic E-state index is 13.7. The number of hydrogen-bond donors (Lipinski definition) is 2. The largest absolute Gasteiger partial charge is 0.496 e. The van der Waals surface area contributed by atoms with Gasteiger partial charge in [-0.05, 0) is 72.1 Å². The third-order valence-electron chi connectivity index (χ3n) is 8.01. The van der Waals surface area contributed by atoms with E-state index in [9.17, 15) is 14.0 Å². The first-order valence-electron chi connectivity index (χ1n) is 12.5. The Labute approximate surface area is 210 Å². The van der Waals surface area contributed by atoms with Gasteiger partial charge in [-0.1, -0.05) is 42.8 Å². The van der Waals surface area contributed by atoms with Crippen LogP contribution in [0.5, 0.6) is 5.75 Å². The fourth-order valence-electron chi connectivity index (χ4n) is 6.36. The molecule has 0 heterocycles. The van der Waals surface area contributed by atoms with E-state index in [0.717, 1.165) is 17.5 Å². The standard InChI is InChI=1S/C30H30FNO4/c1-36-27-17-25(31)12-13-26(27)20-3-8-22(9-4-20)30(18-19-2-7-24(30)16-19)23-10-5-21(6-11-23)29(35)32-15-14-28(33)34/h3-6,8-13,17,19,24H,2,7,14-16,18H2,1H3,(H,32,35)(H,33,34). The summed E-state index contributed by atoms with van der Waals surface area (Å²) in [5.41, 5.74) is 4.73. The fraction of sp³-hybridized carbons (Fsp3) is 0.333. The number of rotatable bonds is 8. The predicted molar refractivity (Wildman–Crippen MR) is 136 cm³/mol. The Morgan fingerprint density at radius 2 is 1.72 bits per heavy atom. The van der Waals surface area contributed by atoms with E-state index in [1.165, 1.54) is 42.5 Å². The number of carboxylic acids is 1. The van der Waals surface area contributed by atoms with Crippen LogP contribution in [0.2, 0.25) is 0 Å². The van der Waals surface area contributed by atoms with Crippen molar-refractivity contribution in [3.63, 3.8) is 0 Å². The Morgan fingerprint density at radius 3 is 2.31 bits per heavy atom. The molecule has 6 heteroatoms. The number of fused-ring (bicyclic) bond motifs is 2. The summed E-state index contributed by atoms with van der Waals surface area (Å²) in [6.45, 7) is 0.106. The lowest BCUT2D eigenvalue weighted by Gasteiger charge is -2.39. The van der Waals surface area contributed by atoms with E-state index in [4.69, 9.17) is 9.84 Å². The van der Waals surface area contributed by atoms with Crippen LogP contribution in [-0.2, 0) is 10.2 Å². The molecule has 0 aliphatic heterocycles. The van der Waals surface area contributed by atoms with Crippen LogP contribution in [0.25, 0.3) is 11.1 Å². The lowest BCUT2D eigenvalue weighted by molar-refractivity contribution is -0.136. The van der Waals surface area contributed by atoms with Gasteiger partial charge in [0, 0.05) is 29.2 Å². The molecular formula is C30H30FNO4. The third kappa shape index (κ3) is 4.36. The number of methoxy groups -OCH3 is 1. The van der Waals surface area contributed by atoms with E-state index >= 15 is 0 Å². The molecule has 2 bridgehead atoms. The molecule has 186 valence electrons. The molecule has 3 atom stereocenters. The average molecular weight is 488 g/mol. The zero-order valence-electron chi connectivity index (χ0n) is 20.3. The summed E-state index contributed by atoms with van der Waals surface area (Å²) in [6, 6.07) is 20.9. The molecule has 3 unspecified atom stereocenters. The Hall–Kier alpha value is -3.67. The molecule has 1 amide bonds. The van der Waals surface area contributed by atoms with Crippen LogP contribution in [-0.4, -0.2) is 30.6 Å². The molecule has 0 aromatic heterocycles. The number of carbonyl (C=O) groups excluding carboxylic acids is 1. The number of carboxylic acid groups (broad SMARTS) is 1. The quantitative estimate of drug-likeness (QED) is 0.420. The molecule has 5 rings (SSSR count). The number of nitrogens with one attached hydrogen (secondary N) is 1. The summed E-state index contributed by atoms with van der Waals surface area (Å²) < 4.78 is 19.1. The minimum atomic E-state index is -0.937. The van der Waals surface area contributed by atoms with E-state index in [1.54, 1.807) is 13.2 Å². The molecule has 0 spiro atoms. The highest BCUT2D eigenvalue weighted by Gasteiger charge is 2.52. The van der Waals surface area contributed by atoms with E-state index < -0.39 is 5.97 Å². The van der Waals surface area contributed by atoms with Crippen molar-refractivity contribution in [2.45, 2.75) is 37.5 Å². The van der Waals surface area contributed by atoms with Gasteiger partial charge >= 0.3 is 5.97 Å². The summed E-state index contributed by atoms with van der Waals surface area (Å²) in [7, 11) is 1.55. The van der Waals surface area contributed by atoms with Crippen molar-refractivity contribution in [1.82, 2.24) is 5.32 Å². The summed E-state index contributed by atoms with van der Waals surface area (Å²) in [4.78, 5) is 23.2. The zero-order chi connectivity index (χ0) is 25.3. The Kier molecular flexibility index (Phi) is 6.52. The highest BCUT2D eigenvalue weighted by molar-refractivity contribution is 5.94. The maximum absolute atomic E-state index is 13.7. The van der Waals surface area contributed by atoms with Crippen LogP contribution in [0.1, 0.15) is 53.6 Å². The van der Waals surface area contributed by atoms with Crippen molar-refractivity contribution in [3.8, 4) is 16.9 Å². The molecule has 0 radical (unpaired) electrons. The third-order valence-corrected chi connectivity index (χ3v) is 8.01. The summed E-state index contributed by atoms with van der Waals surface area (Å²) in [6.07, 6.45) is 4.65. The second-order valence-electron chi connectivity index (χ2n) is 9.95.